The zero-order valence-electron chi connectivity index (χ0n) is 14.6. The second-order valence-electron chi connectivity index (χ2n) is 5.41. The van der Waals surface area contributed by atoms with Gasteiger partial charge in [-0.3, -0.25) is 4.79 Å². The van der Waals surface area contributed by atoms with Gasteiger partial charge in [0, 0.05) is 38.9 Å². The minimum absolute atomic E-state index is 0.0124. The molecule has 24 heavy (non-hydrogen) atoms. The van der Waals surface area contributed by atoms with Crippen LogP contribution in [-0.2, 0) is 16.1 Å². The highest BCUT2D eigenvalue weighted by atomic mass is 35.5. The molecular formula is C17H27ClN4O2. The lowest BCUT2D eigenvalue weighted by molar-refractivity contribution is -0.127. The number of carbonyl (C=O) groups excluding carboxylic acids is 1. The number of rotatable bonds is 9. The van der Waals surface area contributed by atoms with E-state index in [0.29, 0.717) is 30.7 Å². The zero-order chi connectivity index (χ0) is 17.8. The summed E-state index contributed by atoms with van der Waals surface area (Å²) in [5.74, 6) is 0.586. The molecule has 0 atom stereocenters. The molecule has 0 aliphatic heterocycles. The fourth-order valence-corrected chi connectivity index (χ4v) is 2.04. The summed E-state index contributed by atoms with van der Waals surface area (Å²) in [6.07, 6.45) is 0.868. The van der Waals surface area contributed by atoms with Crippen LogP contribution in [0.1, 0.15) is 18.9 Å². The maximum absolute atomic E-state index is 11.7. The van der Waals surface area contributed by atoms with Crippen LogP contribution in [0.2, 0.25) is 5.02 Å². The summed E-state index contributed by atoms with van der Waals surface area (Å²) in [7, 11) is 3.45. The number of benzene rings is 1. The predicted octanol–water partition coefficient (Wildman–Crippen LogP) is 1.89. The molecule has 2 N–H and O–H groups in total. The third-order valence-electron chi connectivity index (χ3n) is 3.18. The van der Waals surface area contributed by atoms with Crippen molar-refractivity contribution in [3.63, 3.8) is 0 Å². The minimum atomic E-state index is -0.0124. The van der Waals surface area contributed by atoms with Crippen molar-refractivity contribution in [1.82, 2.24) is 15.5 Å². The van der Waals surface area contributed by atoms with E-state index in [1.54, 1.807) is 14.1 Å². The highest BCUT2D eigenvalue weighted by molar-refractivity contribution is 6.30. The summed E-state index contributed by atoms with van der Waals surface area (Å²) >= 11 is 5.99. The van der Waals surface area contributed by atoms with Crippen LogP contribution >= 0.6 is 11.6 Å². The Morgan fingerprint density at radius 1 is 1.33 bits per heavy atom. The first-order valence-electron chi connectivity index (χ1n) is 8.07. The number of halogens is 1. The second kappa shape index (κ2) is 11.7. The maximum Gasteiger partial charge on any atom is 0.241 e. The third-order valence-corrected chi connectivity index (χ3v) is 3.41. The molecule has 0 heterocycles. The topological polar surface area (TPSA) is 66.0 Å². The van der Waals surface area contributed by atoms with Gasteiger partial charge in [-0.05, 0) is 31.0 Å². The normalized spacial score (nSPS) is 11.2. The summed E-state index contributed by atoms with van der Waals surface area (Å²) in [4.78, 5) is 17.8. The Balaban J connectivity index is 2.57. The van der Waals surface area contributed by atoms with Gasteiger partial charge in [-0.25, -0.2) is 4.99 Å². The van der Waals surface area contributed by atoms with E-state index in [2.05, 4.69) is 15.6 Å². The van der Waals surface area contributed by atoms with Gasteiger partial charge in [-0.15, -0.1) is 0 Å². The van der Waals surface area contributed by atoms with E-state index >= 15 is 0 Å². The van der Waals surface area contributed by atoms with Gasteiger partial charge >= 0.3 is 0 Å². The number of hydrogen-bond donors (Lipinski definition) is 2. The van der Waals surface area contributed by atoms with E-state index in [4.69, 9.17) is 16.3 Å². The SMILES string of the molecule is CCOCCCNC(=NCc1cccc(Cl)c1)NCC(=O)N(C)C. The Kier molecular flexibility index (Phi) is 9.88. The molecule has 1 rings (SSSR count). The van der Waals surface area contributed by atoms with Crippen LogP contribution in [0, 0.1) is 0 Å². The van der Waals surface area contributed by atoms with Crippen molar-refractivity contribution in [3.8, 4) is 0 Å². The Hall–Kier alpha value is -1.79. The van der Waals surface area contributed by atoms with Gasteiger partial charge in [0.1, 0.15) is 0 Å². The highest BCUT2D eigenvalue weighted by Crippen LogP contribution is 2.11. The summed E-state index contributed by atoms with van der Waals surface area (Å²) < 4.78 is 5.31. The number of guanidine groups is 1. The van der Waals surface area contributed by atoms with Gasteiger partial charge in [0.05, 0.1) is 13.1 Å². The first-order chi connectivity index (χ1) is 11.5. The van der Waals surface area contributed by atoms with Crippen molar-refractivity contribution in [1.29, 1.82) is 0 Å². The van der Waals surface area contributed by atoms with E-state index in [1.807, 2.05) is 31.2 Å². The van der Waals surface area contributed by atoms with Crippen molar-refractivity contribution in [2.75, 3.05) is 40.4 Å². The average molecular weight is 355 g/mol. The van der Waals surface area contributed by atoms with Crippen molar-refractivity contribution in [3.05, 3.63) is 34.9 Å². The Morgan fingerprint density at radius 2 is 2.12 bits per heavy atom. The minimum Gasteiger partial charge on any atom is -0.382 e. The van der Waals surface area contributed by atoms with Crippen LogP contribution < -0.4 is 10.6 Å². The molecule has 0 bridgehead atoms. The highest BCUT2D eigenvalue weighted by Gasteiger charge is 2.05. The quantitative estimate of drug-likeness (QED) is 0.404. The van der Waals surface area contributed by atoms with Crippen molar-refractivity contribution in [2.45, 2.75) is 19.9 Å². The molecule has 0 aliphatic carbocycles. The predicted molar refractivity (Wildman–Crippen MR) is 98.4 cm³/mol. The van der Waals surface area contributed by atoms with E-state index in [9.17, 15) is 4.79 Å². The van der Waals surface area contributed by atoms with Crippen LogP contribution in [0.25, 0.3) is 0 Å². The van der Waals surface area contributed by atoms with Crippen molar-refractivity contribution in [2.24, 2.45) is 4.99 Å². The molecule has 1 aromatic carbocycles. The molecule has 0 aromatic heterocycles. The van der Waals surface area contributed by atoms with Gasteiger partial charge in [0.15, 0.2) is 5.96 Å². The first kappa shape index (κ1) is 20.3. The van der Waals surface area contributed by atoms with Crippen LogP contribution in [-0.4, -0.2) is 57.2 Å². The van der Waals surface area contributed by atoms with Crippen LogP contribution in [0.15, 0.2) is 29.3 Å². The second-order valence-corrected chi connectivity index (χ2v) is 5.85. The summed E-state index contributed by atoms with van der Waals surface area (Å²) in [6.45, 7) is 4.78. The summed E-state index contributed by atoms with van der Waals surface area (Å²) in [5, 5.41) is 6.95. The number of amides is 1. The number of hydrogen-bond acceptors (Lipinski definition) is 3. The molecule has 0 fully saturated rings. The molecular weight excluding hydrogens is 328 g/mol. The van der Waals surface area contributed by atoms with Crippen molar-refractivity contribution < 1.29 is 9.53 Å². The molecule has 6 nitrogen and oxygen atoms in total. The number of ether oxygens (including phenoxy) is 1. The lowest BCUT2D eigenvalue weighted by Gasteiger charge is -2.15. The smallest absolute Gasteiger partial charge is 0.241 e. The van der Waals surface area contributed by atoms with Crippen LogP contribution in [0.3, 0.4) is 0 Å². The Bertz CT molecular complexity index is 535. The Labute approximate surface area is 149 Å². The molecule has 1 aromatic rings. The largest absolute Gasteiger partial charge is 0.382 e. The fourth-order valence-electron chi connectivity index (χ4n) is 1.82. The monoisotopic (exact) mass is 354 g/mol. The lowest BCUT2D eigenvalue weighted by Crippen LogP contribution is -2.43. The molecule has 0 spiro atoms. The molecule has 0 unspecified atom stereocenters. The molecule has 0 saturated heterocycles. The first-order valence-corrected chi connectivity index (χ1v) is 8.45. The summed E-state index contributed by atoms with van der Waals surface area (Å²) in [6, 6.07) is 7.57. The molecule has 7 heteroatoms. The molecule has 0 aliphatic rings. The van der Waals surface area contributed by atoms with E-state index in [-0.39, 0.29) is 12.5 Å². The van der Waals surface area contributed by atoms with E-state index in [1.165, 1.54) is 4.90 Å². The van der Waals surface area contributed by atoms with Gasteiger partial charge < -0.3 is 20.3 Å². The standard InChI is InChI=1S/C17H27ClN4O2/c1-4-24-10-6-9-19-17(21-13-16(23)22(2)3)20-12-14-7-5-8-15(18)11-14/h5,7-8,11H,4,6,9-10,12-13H2,1-3H3,(H2,19,20,21). The Morgan fingerprint density at radius 3 is 2.79 bits per heavy atom. The lowest BCUT2D eigenvalue weighted by atomic mass is 10.2. The number of nitrogens with one attached hydrogen (secondary N) is 2. The van der Waals surface area contributed by atoms with Gasteiger partial charge in [-0.1, -0.05) is 23.7 Å². The third kappa shape index (κ3) is 8.74. The van der Waals surface area contributed by atoms with Crippen molar-refractivity contribution >= 4 is 23.5 Å². The van der Waals surface area contributed by atoms with Gasteiger partial charge in [0.25, 0.3) is 0 Å². The maximum atomic E-state index is 11.7. The van der Waals surface area contributed by atoms with Gasteiger partial charge in [0.2, 0.25) is 5.91 Å². The zero-order valence-corrected chi connectivity index (χ0v) is 15.4. The number of likely N-dealkylation sites (N-methyl/N-ethyl adjacent to an activating group) is 1. The molecule has 134 valence electrons. The van der Waals surface area contributed by atoms with E-state index < -0.39 is 0 Å². The summed E-state index contributed by atoms with van der Waals surface area (Å²) in [5.41, 5.74) is 1.01. The molecule has 0 radical (unpaired) electrons. The number of aliphatic imine (C=N–C) groups is 1. The van der Waals surface area contributed by atoms with Gasteiger partial charge in [-0.2, -0.15) is 0 Å². The average Bonchev–Trinajstić information content (AvgIpc) is 2.56. The van der Waals surface area contributed by atoms with Crippen LogP contribution in [0.4, 0.5) is 0 Å². The van der Waals surface area contributed by atoms with Crippen LogP contribution in [0.5, 0.6) is 0 Å². The molecule has 1 amide bonds. The molecule has 0 saturated carbocycles. The fraction of sp³-hybridized carbons (Fsp3) is 0.529. The number of carbonyl (C=O) groups is 1. The van der Waals surface area contributed by atoms with E-state index in [0.717, 1.165) is 18.5 Å². The number of nitrogens with zero attached hydrogens (tertiary/aromatic N) is 2.